The fraction of sp³-hybridized carbons (Fsp3) is 0.200. The monoisotopic (exact) mass is 389 g/mol. The van der Waals surface area contributed by atoms with Crippen LogP contribution in [0.1, 0.15) is 12.5 Å². The first-order chi connectivity index (χ1) is 9.45. The summed E-state index contributed by atoms with van der Waals surface area (Å²) in [6.45, 7) is 2.00. The molecule has 0 saturated heterocycles. The Bertz CT molecular complexity index is 617. The van der Waals surface area contributed by atoms with Crippen molar-refractivity contribution in [2.75, 3.05) is 0 Å². The van der Waals surface area contributed by atoms with Crippen LogP contribution >= 0.6 is 50.9 Å². The third-order valence-corrected chi connectivity index (χ3v) is 5.15. The number of benzene rings is 2. The molecule has 0 aliphatic carbocycles. The summed E-state index contributed by atoms with van der Waals surface area (Å²) in [7, 11) is 0. The number of nitrogens with two attached hydrogens (primary N) is 1. The van der Waals surface area contributed by atoms with E-state index >= 15 is 0 Å². The highest BCUT2D eigenvalue weighted by atomic mass is 79.9. The molecule has 0 radical (unpaired) electrons. The first kappa shape index (κ1) is 16.2. The summed E-state index contributed by atoms with van der Waals surface area (Å²) in [5.74, 6) is 0. The molecule has 2 N–H and O–H groups in total. The van der Waals surface area contributed by atoms with Crippen LogP contribution in [0.3, 0.4) is 0 Å². The van der Waals surface area contributed by atoms with Gasteiger partial charge in [-0.2, -0.15) is 0 Å². The van der Waals surface area contributed by atoms with Crippen molar-refractivity contribution in [2.24, 2.45) is 5.73 Å². The second kappa shape index (κ2) is 7.19. The Labute approximate surface area is 142 Å². The molecule has 1 atom stereocenters. The van der Waals surface area contributed by atoms with Crippen molar-refractivity contribution in [2.45, 2.75) is 29.2 Å². The maximum atomic E-state index is 6.03. The minimum absolute atomic E-state index is 0.153. The van der Waals surface area contributed by atoms with Crippen molar-refractivity contribution in [3.05, 3.63) is 56.5 Å². The predicted octanol–water partition coefficient (Wildman–Crippen LogP) is 5.80. The minimum Gasteiger partial charge on any atom is -0.328 e. The maximum Gasteiger partial charge on any atom is 0.0603 e. The van der Waals surface area contributed by atoms with Gasteiger partial charge in [-0.1, -0.05) is 57.0 Å². The van der Waals surface area contributed by atoms with Gasteiger partial charge in [0, 0.05) is 20.3 Å². The lowest BCUT2D eigenvalue weighted by Gasteiger charge is -2.10. The highest BCUT2D eigenvalue weighted by molar-refractivity contribution is 9.10. The zero-order chi connectivity index (χ0) is 14.7. The van der Waals surface area contributed by atoms with E-state index in [1.54, 1.807) is 11.8 Å². The quantitative estimate of drug-likeness (QED) is 0.713. The molecular formula is C15H14BrCl2NS. The van der Waals surface area contributed by atoms with E-state index in [4.69, 9.17) is 28.9 Å². The fourth-order valence-corrected chi connectivity index (χ4v) is 3.73. The number of hydrogen-bond acceptors (Lipinski definition) is 2. The van der Waals surface area contributed by atoms with Gasteiger partial charge in [0.1, 0.15) is 0 Å². The van der Waals surface area contributed by atoms with E-state index < -0.39 is 0 Å². The number of halogens is 3. The number of rotatable bonds is 4. The van der Waals surface area contributed by atoms with Crippen LogP contribution in [0.5, 0.6) is 0 Å². The van der Waals surface area contributed by atoms with Crippen LogP contribution in [0.4, 0.5) is 0 Å². The minimum atomic E-state index is 0.153. The normalized spacial score (nSPS) is 12.4. The van der Waals surface area contributed by atoms with Gasteiger partial charge >= 0.3 is 0 Å². The van der Waals surface area contributed by atoms with Crippen LogP contribution in [0.25, 0.3) is 0 Å². The second-order valence-corrected chi connectivity index (χ2v) is 7.43. The molecule has 1 nitrogen and oxygen atoms in total. The third kappa shape index (κ3) is 4.40. The van der Waals surface area contributed by atoms with Crippen LogP contribution < -0.4 is 5.73 Å². The summed E-state index contributed by atoms with van der Waals surface area (Å²) in [6.07, 6.45) is 0.859. The van der Waals surface area contributed by atoms with Crippen LogP contribution in [0, 0.1) is 0 Å². The van der Waals surface area contributed by atoms with Gasteiger partial charge in [-0.15, -0.1) is 0 Å². The van der Waals surface area contributed by atoms with Gasteiger partial charge < -0.3 is 5.73 Å². The van der Waals surface area contributed by atoms with Crippen molar-refractivity contribution in [1.29, 1.82) is 0 Å². The zero-order valence-electron chi connectivity index (χ0n) is 10.9. The average molecular weight is 391 g/mol. The molecule has 20 heavy (non-hydrogen) atoms. The van der Waals surface area contributed by atoms with Crippen molar-refractivity contribution < 1.29 is 0 Å². The lowest BCUT2D eigenvalue weighted by atomic mass is 10.1. The van der Waals surface area contributed by atoms with Crippen molar-refractivity contribution >= 4 is 50.9 Å². The lowest BCUT2D eigenvalue weighted by Crippen LogP contribution is -2.17. The van der Waals surface area contributed by atoms with Crippen molar-refractivity contribution in [3.8, 4) is 0 Å². The van der Waals surface area contributed by atoms with Gasteiger partial charge in [0.25, 0.3) is 0 Å². The van der Waals surface area contributed by atoms with Gasteiger partial charge in [-0.05, 0) is 49.2 Å². The molecule has 2 aromatic carbocycles. The molecule has 0 spiro atoms. The van der Waals surface area contributed by atoms with E-state index in [0.29, 0.717) is 10.0 Å². The third-order valence-electron chi connectivity index (χ3n) is 2.69. The SMILES string of the molecule is CC(N)Cc1ccc(Sc2ccc(Cl)c(Cl)c2)cc1Br. The van der Waals surface area contributed by atoms with Crippen LogP contribution in [0.15, 0.2) is 50.7 Å². The summed E-state index contributed by atoms with van der Waals surface area (Å²) < 4.78 is 1.08. The Morgan fingerprint density at radius 3 is 2.35 bits per heavy atom. The molecule has 1 unspecified atom stereocenters. The van der Waals surface area contributed by atoms with E-state index in [-0.39, 0.29) is 6.04 Å². The van der Waals surface area contributed by atoms with Crippen molar-refractivity contribution in [3.63, 3.8) is 0 Å². The lowest BCUT2D eigenvalue weighted by molar-refractivity contribution is 0.735. The average Bonchev–Trinajstić information content (AvgIpc) is 2.37. The van der Waals surface area contributed by atoms with E-state index in [1.165, 1.54) is 5.56 Å². The molecule has 0 aliphatic heterocycles. The highest BCUT2D eigenvalue weighted by Crippen LogP contribution is 2.34. The molecular weight excluding hydrogens is 377 g/mol. The van der Waals surface area contributed by atoms with E-state index in [2.05, 4.69) is 34.1 Å². The molecule has 5 heteroatoms. The first-order valence-electron chi connectivity index (χ1n) is 6.12. The Hall–Kier alpha value is -0.190. The molecule has 0 aromatic heterocycles. The second-order valence-electron chi connectivity index (χ2n) is 4.61. The largest absolute Gasteiger partial charge is 0.328 e. The Morgan fingerprint density at radius 1 is 1.10 bits per heavy atom. The summed E-state index contributed by atoms with van der Waals surface area (Å²) in [5.41, 5.74) is 7.05. The van der Waals surface area contributed by atoms with E-state index in [1.807, 2.05) is 25.1 Å². The topological polar surface area (TPSA) is 26.0 Å². The summed E-state index contributed by atoms with van der Waals surface area (Å²) in [5, 5.41) is 1.15. The summed E-state index contributed by atoms with van der Waals surface area (Å²) in [6, 6.07) is 12.1. The maximum absolute atomic E-state index is 6.03. The zero-order valence-corrected chi connectivity index (χ0v) is 14.8. The molecule has 0 saturated carbocycles. The van der Waals surface area contributed by atoms with Crippen LogP contribution in [0.2, 0.25) is 10.0 Å². The standard InChI is InChI=1S/C15H14BrCl2NS/c1-9(19)6-10-2-3-11(7-13(10)16)20-12-4-5-14(17)15(18)8-12/h2-5,7-9H,6,19H2,1H3. The van der Waals surface area contributed by atoms with Gasteiger partial charge in [0.15, 0.2) is 0 Å². The fourth-order valence-electron chi connectivity index (χ4n) is 1.78. The summed E-state index contributed by atoms with van der Waals surface area (Å²) >= 11 is 17.2. The molecule has 0 heterocycles. The molecule has 0 fully saturated rings. The van der Waals surface area contributed by atoms with Gasteiger partial charge in [0.05, 0.1) is 10.0 Å². The molecule has 0 aliphatic rings. The van der Waals surface area contributed by atoms with Crippen LogP contribution in [-0.2, 0) is 6.42 Å². The molecule has 106 valence electrons. The van der Waals surface area contributed by atoms with Gasteiger partial charge in [-0.3, -0.25) is 0 Å². The first-order valence-corrected chi connectivity index (χ1v) is 8.49. The van der Waals surface area contributed by atoms with E-state index in [0.717, 1.165) is 20.7 Å². The molecule has 0 bridgehead atoms. The molecule has 0 amide bonds. The van der Waals surface area contributed by atoms with Gasteiger partial charge in [-0.25, -0.2) is 0 Å². The van der Waals surface area contributed by atoms with Crippen LogP contribution in [-0.4, -0.2) is 6.04 Å². The Kier molecular flexibility index (Phi) is 5.82. The molecule has 2 aromatic rings. The smallest absolute Gasteiger partial charge is 0.0603 e. The summed E-state index contributed by atoms with van der Waals surface area (Å²) in [4.78, 5) is 2.20. The highest BCUT2D eigenvalue weighted by Gasteiger charge is 2.06. The number of hydrogen-bond donors (Lipinski definition) is 1. The van der Waals surface area contributed by atoms with E-state index in [9.17, 15) is 0 Å². The Balaban J connectivity index is 2.17. The molecule has 2 rings (SSSR count). The predicted molar refractivity (Wildman–Crippen MR) is 92.1 cm³/mol. The Morgan fingerprint density at radius 2 is 1.75 bits per heavy atom. The van der Waals surface area contributed by atoms with Crippen molar-refractivity contribution in [1.82, 2.24) is 0 Å². The van der Waals surface area contributed by atoms with Gasteiger partial charge in [0.2, 0.25) is 0 Å².